The molecule has 0 saturated carbocycles. The molecule has 1 saturated heterocycles. The standard InChI is InChI=1S/C10H20N2O2/c1-2-12-10(13)8-14-7-9-3-5-11-6-4-9/h9,11H,2-8H2,1H3,(H,12,13). The third kappa shape index (κ3) is 4.58. The summed E-state index contributed by atoms with van der Waals surface area (Å²) in [6, 6.07) is 0. The van der Waals surface area contributed by atoms with Crippen LogP contribution < -0.4 is 10.6 Å². The molecule has 1 aliphatic rings. The lowest BCUT2D eigenvalue weighted by Gasteiger charge is -2.22. The molecule has 0 spiro atoms. The molecule has 0 unspecified atom stereocenters. The third-order valence-electron chi connectivity index (χ3n) is 2.42. The maximum absolute atomic E-state index is 11.0. The number of nitrogens with one attached hydrogen (secondary N) is 2. The first-order chi connectivity index (χ1) is 6.83. The summed E-state index contributed by atoms with van der Waals surface area (Å²) in [4.78, 5) is 11.0. The highest BCUT2D eigenvalue weighted by Gasteiger charge is 2.13. The van der Waals surface area contributed by atoms with Gasteiger partial charge in [0.15, 0.2) is 0 Å². The molecule has 0 aromatic heterocycles. The number of hydrogen-bond acceptors (Lipinski definition) is 3. The van der Waals surface area contributed by atoms with Gasteiger partial charge in [0.25, 0.3) is 0 Å². The van der Waals surface area contributed by atoms with Crippen molar-refractivity contribution in [2.45, 2.75) is 19.8 Å². The van der Waals surface area contributed by atoms with Gasteiger partial charge in [-0.2, -0.15) is 0 Å². The van der Waals surface area contributed by atoms with Gasteiger partial charge in [0.05, 0.1) is 6.61 Å². The largest absolute Gasteiger partial charge is 0.371 e. The van der Waals surface area contributed by atoms with E-state index in [2.05, 4.69) is 10.6 Å². The van der Waals surface area contributed by atoms with E-state index in [4.69, 9.17) is 4.74 Å². The molecule has 0 aromatic carbocycles. The number of ether oxygens (including phenoxy) is 1. The van der Waals surface area contributed by atoms with Gasteiger partial charge in [-0.3, -0.25) is 4.79 Å². The van der Waals surface area contributed by atoms with Crippen LogP contribution in [0, 0.1) is 5.92 Å². The fourth-order valence-corrected chi connectivity index (χ4v) is 1.61. The third-order valence-corrected chi connectivity index (χ3v) is 2.42. The van der Waals surface area contributed by atoms with Gasteiger partial charge in [-0.15, -0.1) is 0 Å². The van der Waals surface area contributed by atoms with Crippen LogP contribution in [0.2, 0.25) is 0 Å². The lowest BCUT2D eigenvalue weighted by atomic mass is 9.99. The van der Waals surface area contributed by atoms with Crippen molar-refractivity contribution in [1.29, 1.82) is 0 Å². The second kappa shape index (κ2) is 6.79. The molecule has 0 atom stereocenters. The van der Waals surface area contributed by atoms with E-state index >= 15 is 0 Å². The van der Waals surface area contributed by atoms with Crippen LogP contribution >= 0.6 is 0 Å². The van der Waals surface area contributed by atoms with Gasteiger partial charge in [-0.25, -0.2) is 0 Å². The molecule has 4 heteroatoms. The molecule has 2 N–H and O–H groups in total. The van der Waals surface area contributed by atoms with Crippen molar-refractivity contribution in [2.24, 2.45) is 5.92 Å². The van der Waals surface area contributed by atoms with E-state index in [0.29, 0.717) is 12.5 Å². The number of rotatable bonds is 5. The second-order valence-corrected chi connectivity index (χ2v) is 3.66. The molecule has 1 amide bonds. The zero-order chi connectivity index (χ0) is 10.2. The van der Waals surface area contributed by atoms with E-state index in [9.17, 15) is 4.79 Å². The van der Waals surface area contributed by atoms with Crippen molar-refractivity contribution in [3.8, 4) is 0 Å². The fourth-order valence-electron chi connectivity index (χ4n) is 1.61. The highest BCUT2D eigenvalue weighted by atomic mass is 16.5. The minimum Gasteiger partial charge on any atom is -0.371 e. The van der Waals surface area contributed by atoms with Crippen LogP contribution in [-0.2, 0) is 9.53 Å². The van der Waals surface area contributed by atoms with Gasteiger partial charge in [0, 0.05) is 6.54 Å². The van der Waals surface area contributed by atoms with Crippen LogP contribution in [0.4, 0.5) is 0 Å². The fraction of sp³-hybridized carbons (Fsp3) is 0.900. The molecule has 0 aromatic rings. The molecule has 0 aliphatic carbocycles. The van der Waals surface area contributed by atoms with Crippen LogP contribution in [0.5, 0.6) is 0 Å². The van der Waals surface area contributed by atoms with Gasteiger partial charge in [-0.1, -0.05) is 0 Å². The van der Waals surface area contributed by atoms with E-state index in [1.54, 1.807) is 0 Å². The van der Waals surface area contributed by atoms with Crippen molar-refractivity contribution in [3.63, 3.8) is 0 Å². The lowest BCUT2D eigenvalue weighted by molar-refractivity contribution is -0.126. The van der Waals surface area contributed by atoms with Crippen LogP contribution in [0.15, 0.2) is 0 Å². The molecule has 1 fully saturated rings. The Hall–Kier alpha value is -0.610. The predicted octanol–water partition coefficient (Wildman–Crippen LogP) is 0.139. The molecule has 82 valence electrons. The Balaban J connectivity index is 1.99. The summed E-state index contributed by atoms with van der Waals surface area (Å²) in [6.45, 7) is 5.67. The maximum Gasteiger partial charge on any atom is 0.245 e. The Morgan fingerprint density at radius 2 is 2.21 bits per heavy atom. The topological polar surface area (TPSA) is 50.4 Å². The molecule has 1 rings (SSSR count). The summed E-state index contributed by atoms with van der Waals surface area (Å²) in [6.07, 6.45) is 2.32. The number of likely N-dealkylation sites (N-methyl/N-ethyl adjacent to an activating group) is 1. The molecular formula is C10H20N2O2. The molecule has 4 nitrogen and oxygen atoms in total. The van der Waals surface area contributed by atoms with Crippen molar-refractivity contribution in [3.05, 3.63) is 0 Å². The SMILES string of the molecule is CCNC(=O)COCC1CCNCC1. The quantitative estimate of drug-likeness (QED) is 0.663. The lowest BCUT2D eigenvalue weighted by Crippen LogP contribution is -2.32. The second-order valence-electron chi connectivity index (χ2n) is 3.66. The molecular weight excluding hydrogens is 180 g/mol. The Morgan fingerprint density at radius 1 is 1.50 bits per heavy atom. The zero-order valence-corrected chi connectivity index (χ0v) is 8.84. The Morgan fingerprint density at radius 3 is 2.86 bits per heavy atom. The first-order valence-electron chi connectivity index (χ1n) is 5.38. The molecule has 0 radical (unpaired) electrons. The minimum absolute atomic E-state index is 0.0126. The van der Waals surface area contributed by atoms with Crippen LogP contribution in [0.1, 0.15) is 19.8 Å². The Bertz CT molecular complexity index is 168. The number of carbonyl (C=O) groups excluding carboxylic acids is 1. The van der Waals surface area contributed by atoms with Crippen LogP contribution in [0.25, 0.3) is 0 Å². The summed E-state index contributed by atoms with van der Waals surface area (Å²) in [5, 5.41) is 6.01. The van der Waals surface area contributed by atoms with Crippen LogP contribution in [-0.4, -0.2) is 38.8 Å². The average Bonchev–Trinajstić information content (AvgIpc) is 2.20. The van der Waals surface area contributed by atoms with Crippen LogP contribution in [0.3, 0.4) is 0 Å². The number of piperidine rings is 1. The van der Waals surface area contributed by atoms with E-state index in [1.807, 2.05) is 6.92 Å². The van der Waals surface area contributed by atoms with Crippen molar-refractivity contribution in [1.82, 2.24) is 10.6 Å². The summed E-state index contributed by atoms with van der Waals surface area (Å²) in [5.41, 5.74) is 0. The van der Waals surface area contributed by atoms with E-state index in [-0.39, 0.29) is 12.5 Å². The molecule has 1 heterocycles. The highest BCUT2D eigenvalue weighted by Crippen LogP contribution is 2.11. The van der Waals surface area contributed by atoms with Crippen molar-refractivity contribution < 1.29 is 9.53 Å². The van der Waals surface area contributed by atoms with Gasteiger partial charge < -0.3 is 15.4 Å². The summed E-state index contributed by atoms with van der Waals surface area (Å²) >= 11 is 0. The summed E-state index contributed by atoms with van der Waals surface area (Å²) < 4.78 is 5.35. The van der Waals surface area contributed by atoms with E-state index in [1.165, 1.54) is 0 Å². The highest BCUT2D eigenvalue weighted by molar-refractivity contribution is 5.77. The first kappa shape index (κ1) is 11.5. The summed E-state index contributed by atoms with van der Waals surface area (Å²) in [5.74, 6) is 0.618. The van der Waals surface area contributed by atoms with Gasteiger partial charge in [0.1, 0.15) is 6.61 Å². The predicted molar refractivity (Wildman–Crippen MR) is 55.1 cm³/mol. The molecule has 0 bridgehead atoms. The first-order valence-corrected chi connectivity index (χ1v) is 5.38. The summed E-state index contributed by atoms with van der Waals surface area (Å²) in [7, 11) is 0. The van der Waals surface area contributed by atoms with Gasteiger partial charge >= 0.3 is 0 Å². The van der Waals surface area contributed by atoms with E-state index < -0.39 is 0 Å². The monoisotopic (exact) mass is 200 g/mol. The van der Waals surface area contributed by atoms with Gasteiger partial charge in [-0.05, 0) is 38.8 Å². The maximum atomic E-state index is 11.0. The normalized spacial score (nSPS) is 18.1. The van der Waals surface area contributed by atoms with Crippen molar-refractivity contribution >= 4 is 5.91 Å². The Kier molecular flexibility index (Phi) is 5.56. The van der Waals surface area contributed by atoms with Crippen molar-refractivity contribution in [2.75, 3.05) is 32.8 Å². The average molecular weight is 200 g/mol. The molecule has 14 heavy (non-hydrogen) atoms. The Labute approximate surface area is 85.4 Å². The number of amides is 1. The smallest absolute Gasteiger partial charge is 0.245 e. The zero-order valence-electron chi connectivity index (χ0n) is 8.84. The number of carbonyl (C=O) groups is 1. The van der Waals surface area contributed by atoms with E-state index in [0.717, 1.165) is 32.5 Å². The molecule has 1 aliphatic heterocycles. The van der Waals surface area contributed by atoms with Gasteiger partial charge in [0.2, 0.25) is 5.91 Å². The minimum atomic E-state index is -0.0126. The number of hydrogen-bond donors (Lipinski definition) is 2.